The van der Waals surface area contributed by atoms with Gasteiger partial charge in [0.25, 0.3) is 0 Å². The maximum Gasteiger partial charge on any atom is 0.227 e. The average Bonchev–Trinajstić information content (AvgIpc) is 3.14. The number of likely N-dealkylation sites (tertiary alicyclic amines) is 1. The molecule has 1 aliphatic rings. The van der Waals surface area contributed by atoms with E-state index in [1.807, 2.05) is 39.9 Å². The molecule has 1 fully saturated rings. The average molecular weight is 360 g/mol. The fourth-order valence-electron chi connectivity index (χ4n) is 3.16. The number of hydrogen-bond donors (Lipinski definition) is 1. The molecule has 1 aliphatic heterocycles. The van der Waals surface area contributed by atoms with Gasteiger partial charge in [-0.3, -0.25) is 4.79 Å². The van der Waals surface area contributed by atoms with Crippen molar-refractivity contribution in [2.75, 3.05) is 32.6 Å². The third-order valence-corrected chi connectivity index (χ3v) is 5.20. The van der Waals surface area contributed by atoms with E-state index in [0.717, 1.165) is 37.2 Å². The highest BCUT2D eigenvalue weighted by atomic mass is 32.1. The summed E-state index contributed by atoms with van der Waals surface area (Å²) in [5, 5.41) is 7.58. The molecule has 1 atom stereocenters. The predicted octanol–water partition coefficient (Wildman–Crippen LogP) is 3.41. The van der Waals surface area contributed by atoms with Crippen molar-refractivity contribution >= 4 is 22.9 Å². The smallest absolute Gasteiger partial charge is 0.227 e. The fraction of sp³-hybridized carbons (Fsp3) is 0.421. The minimum Gasteiger partial charge on any atom is -0.493 e. The zero-order valence-corrected chi connectivity index (χ0v) is 15.5. The summed E-state index contributed by atoms with van der Waals surface area (Å²) >= 11 is 1.63. The number of anilines is 1. The highest BCUT2D eigenvalue weighted by Crippen LogP contribution is 2.30. The van der Waals surface area contributed by atoms with Crippen molar-refractivity contribution in [3.63, 3.8) is 0 Å². The first kappa shape index (κ1) is 17.6. The van der Waals surface area contributed by atoms with Crippen molar-refractivity contribution < 1.29 is 14.3 Å². The van der Waals surface area contributed by atoms with Crippen LogP contribution < -0.4 is 14.8 Å². The number of rotatable bonds is 6. The largest absolute Gasteiger partial charge is 0.493 e. The first-order valence-corrected chi connectivity index (χ1v) is 9.41. The molecular formula is C19H24N2O3S. The zero-order valence-electron chi connectivity index (χ0n) is 14.7. The van der Waals surface area contributed by atoms with E-state index in [0.29, 0.717) is 17.9 Å². The summed E-state index contributed by atoms with van der Waals surface area (Å²) in [7, 11) is 3.26. The second kappa shape index (κ2) is 8.25. The maximum atomic E-state index is 12.5. The molecule has 0 aliphatic carbocycles. The molecule has 1 amide bonds. The number of carbonyl (C=O) groups excluding carboxylic acids is 1. The van der Waals surface area contributed by atoms with Crippen LogP contribution in [0.15, 0.2) is 35.0 Å². The SMILES string of the molecule is COc1ccc(NC2CCCN(C(=O)Cc3ccsc3)C2)cc1OC. The molecule has 134 valence electrons. The van der Waals surface area contributed by atoms with Crippen molar-refractivity contribution in [2.24, 2.45) is 0 Å². The summed E-state index contributed by atoms with van der Waals surface area (Å²) in [6.45, 7) is 1.57. The van der Waals surface area contributed by atoms with Crippen LogP contribution in [0.3, 0.4) is 0 Å². The molecule has 1 N–H and O–H groups in total. The molecule has 0 saturated carbocycles. The Morgan fingerprint density at radius 3 is 2.84 bits per heavy atom. The van der Waals surface area contributed by atoms with E-state index in [4.69, 9.17) is 9.47 Å². The van der Waals surface area contributed by atoms with Crippen molar-refractivity contribution in [3.8, 4) is 11.5 Å². The molecule has 1 saturated heterocycles. The third-order valence-electron chi connectivity index (χ3n) is 4.46. The molecule has 25 heavy (non-hydrogen) atoms. The number of benzene rings is 1. The molecule has 2 aromatic rings. The van der Waals surface area contributed by atoms with E-state index in [1.165, 1.54) is 0 Å². The van der Waals surface area contributed by atoms with Crippen LogP contribution in [0.2, 0.25) is 0 Å². The van der Waals surface area contributed by atoms with Crippen LogP contribution in [-0.2, 0) is 11.2 Å². The lowest BCUT2D eigenvalue weighted by Gasteiger charge is -2.34. The van der Waals surface area contributed by atoms with Gasteiger partial charge in [-0.15, -0.1) is 0 Å². The van der Waals surface area contributed by atoms with Gasteiger partial charge in [-0.1, -0.05) is 0 Å². The molecular weight excluding hydrogens is 336 g/mol. The number of hydrogen-bond acceptors (Lipinski definition) is 5. The van der Waals surface area contributed by atoms with E-state index in [2.05, 4.69) is 5.32 Å². The second-order valence-electron chi connectivity index (χ2n) is 6.20. The molecule has 5 nitrogen and oxygen atoms in total. The quantitative estimate of drug-likeness (QED) is 0.858. The van der Waals surface area contributed by atoms with E-state index >= 15 is 0 Å². The number of methoxy groups -OCH3 is 2. The molecule has 0 bridgehead atoms. The first-order valence-electron chi connectivity index (χ1n) is 8.47. The molecule has 0 spiro atoms. The first-order chi connectivity index (χ1) is 12.2. The van der Waals surface area contributed by atoms with Crippen LogP contribution in [0.1, 0.15) is 18.4 Å². The molecule has 2 heterocycles. The number of piperidine rings is 1. The van der Waals surface area contributed by atoms with Crippen molar-refractivity contribution in [1.29, 1.82) is 0 Å². The predicted molar refractivity (Wildman–Crippen MR) is 101 cm³/mol. The van der Waals surface area contributed by atoms with Gasteiger partial charge in [0.2, 0.25) is 5.91 Å². The molecule has 1 unspecified atom stereocenters. The number of ether oxygens (including phenoxy) is 2. The Balaban J connectivity index is 1.60. The van der Waals surface area contributed by atoms with E-state index in [9.17, 15) is 4.79 Å². The summed E-state index contributed by atoms with van der Waals surface area (Å²) in [4.78, 5) is 14.5. The van der Waals surface area contributed by atoms with E-state index in [1.54, 1.807) is 25.6 Å². The molecule has 1 aromatic carbocycles. The minimum absolute atomic E-state index is 0.206. The number of carbonyl (C=O) groups is 1. The number of nitrogens with zero attached hydrogens (tertiary/aromatic N) is 1. The Kier molecular flexibility index (Phi) is 5.81. The Morgan fingerprint density at radius 1 is 1.28 bits per heavy atom. The van der Waals surface area contributed by atoms with Gasteiger partial charge in [0.05, 0.1) is 20.6 Å². The topological polar surface area (TPSA) is 50.8 Å². The number of amides is 1. The van der Waals surface area contributed by atoms with Crippen LogP contribution in [-0.4, -0.2) is 44.2 Å². The van der Waals surface area contributed by atoms with Gasteiger partial charge in [-0.05, 0) is 47.4 Å². The highest BCUT2D eigenvalue weighted by molar-refractivity contribution is 7.08. The highest BCUT2D eigenvalue weighted by Gasteiger charge is 2.24. The van der Waals surface area contributed by atoms with Gasteiger partial charge in [0.15, 0.2) is 11.5 Å². The lowest BCUT2D eigenvalue weighted by Crippen LogP contribution is -2.45. The number of nitrogens with one attached hydrogen (secondary N) is 1. The van der Waals surface area contributed by atoms with Gasteiger partial charge in [0, 0.05) is 30.9 Å². The lowest BCUT2D eigenvalue weighted by molar-refractivity contribution is -0.131. The summed E-state index contributed by atoms with van der Waals surface area (Å²) < 4.78 is 10.6. The van der Waals surface area contributed by atoms with E-state index < -0.39 is 0 Å². The summed E-state index contributed by atoms with van der Waals surface area (Å²) in [6, 6.07) is 8.08. The molecule has 6 heteroatoms. The van der Waals surface area contributed by atoms with Gasteiger partial charge in [0.1, 0.15) is 0 Å². The minimum atomic E-state index is 0.206. The summed E-state index contributed by atoms with van der Waals surface area (Å²) in [5.41, 5.74) is 2.08. The molecule has 1 aromatic heterocycles. The van der Waals surface area contributed by atoms with Gasteiger partial charge >= 0.3 is 0 Å². The second-order valence-corrected chi connectivity index (χ2v) is 6.98. The van der Waals surface area contributed by atoms with Crippen molar-refractivity contribution in [3.05, 3.63) is 40.6 Å². The summed E-state index contributed by atoms with van der Waals surface area (Å²) in [5.74, 6) is 1.62. The van der Waals surface area contributed by atoms with Gasteiger partial charge in [-0.25, -0.2) is 0 Å². The molecule has 0 radical (unpaired) electrons. The van der Waals surface area contributed by atoms with Crippen LogP contribution >= 0.6 is 11.3 Å². The number of thiophene rings is 1. The maximum absolute atomic E-state index is 12.5. The van der Waals surface area contributed by atoms with Crippen LogP contribution in [0.4, 0.5) is 5.69 Å². The fourth-order valence-corrected chi connectivity index (χ4v) is 3.83. The van der Waals surface area contributed by atoms with Crippen LogP contribution in [0.25, 0.3) is 0 Å². The van der Waals surface area contributed by atoms with Gasteiger partial charge in [-0.2, -0.15) is 11.3 Å². The Hall–Kier alpha value is -2.21. The van der Waals surface area contributed by atoms with Crippen molar-refractivity contribution in [1.82, 2.24) is 4.90 Å². The van der Waals surface area contributed by atoms with E-state index in [-0.39, 0.29) is 11.9 Å². The normalized spacial score (nSPS) is 17.2. The monoisotopic (exact) mass is 360 g/mol. The zero-order chi connectivity index (χ0) is 17.6. The summed E-state index contributed by atoms with van der Waals surface area (Å²) in [6.07, 6.45) is 2.56. The standard InChI is InChI=1S/C19H24N2O3S/c1-23-17-6-5-15(11-18(17)24-2)20-16-4-3-8-21(12-16)19(22)10-14-7-9-25-13-14/h5-7,9,11,13,16,20H,3-4,8,10,12H2,1-2H3. The van der Waals surface area contributed by atoms with Gasteiger partial charge < -0.3 is 19.7 Å². The lowest BCUT2D eigenvalue weighted by atomic mass is 10.0. The Labute approximate surface area is 152 Å². The Morgan fingerprint density at radius 2 is 2.12 bits per heavy atom. The van der Waals surface area contributed by atoms with Crippen molar-refractivity contribution in [2.45, 2.75) is 25.3 Å². The van der Waals surface area contributed by atoms with Crippen LogP contribution in [0.5, 0.6) is 11.5 Å². The molecule has 3 rings (SSSR count). The van der Waals surface area contributed by atoms with Crippen LogP contribution in [0, 0.1) is 0 Å². The Bertz CT molecular complexity index is 703. The third kappa shape index (κ3) is 4.45.